The average Bonchev–Trinajstić information content (AvgIpc) is 2.99. The highest BCUT2D eigenvalue weighted by Gasteiger charge is 2.15. The number of benzene rings is 2. The van der Waals surface area contributed by atoms with Crippen molar-refractivity contribution >= 4 is 44.4 Å². The van der Waals surface area contributed by atoms with Crippen molar-refractivity contribution in [1.82, 2.24) is 9.55 Å². The molecule has 0 fully saturated rings. The van der Waals surface area contributed by atoms with Crippen LogP contribution >= 0.6 is 11.8 Å². The van der Waals surface area contributed by atoms with Gasteiger partial charge in [0.05, 0.1) is 21.7 Å². The van der Waals surface area contributed by atoms with Gasteiger partial charge in [0.15, 0.2) is 5.16 Å². The highest BCUT2D eigenvalue weighted by Crippen LogP contribution is 2.26. The first-order valence-electron chi connectivity index (χ1n) is 8.72. The summed E-state index contributed by atoms with van der Waals surface area (Å²) in [6.45, 7) is 6.63. The van der Waals surface area contributed by atoms with Crippen LogP contribution < -0.4 is 10.5 Å². The molecule has 0 saturated carbocycles. The van der Waals surface area contributed by atoms with E-state index in [0.717, 1.165) is 16.8 Å². The molecule has 9 heteroatoms. The standard InChI is InChI=1S/C19H22N4O3S2/c1-4-23-17-8-7-15(28(20,25)26)10-16(17)22-19(23)27-11-18(24)21-14-6-5-12(2)13(3)9-14/h5-10H,4,11H2,1-3H3,(H,21,24)(H2,20,25,26). The number of nitrogens with two attached hydrogens (primary N) is 1. The average molecular weight is 419 g/mol. The quantitative estimate of drug-likeness (QED) is 0.598. The predicted molar refractivity (Wildman–Crippen MR) is 112 cm³/mol. The predicted octanol–water partition coefficient (Wildman–Crippen LogP) is 3.05. The largest absolute Gasteiger partial charge is 0.325 e. The maximum Gasteiger partial charge on any atom is 0.238 e. The van der Waals surface area contributed by atoms with Crippen molar-refractivity contribution in [3.8, 4) is 0 Å². The van der Waals surface area contributed by atoms with Crippen molar-refractivity contribution in [2.24, 2.45) is 5.14 Å². The SMILES string of the molecule is CCn1c(SCC(=O)Nc2ccc(C)c(C)c2)nc2cc(S(N)(=O)=O)ccc21. The number of hydrogen-bond acceptors (Lipinski definition) is 5. The van der Waals surface area contributed by atoms with Crippen molar-refractivity contribution in [3.05, 3.63) is 47.5 Å². The van der Waals surface area contributed by atoms with Crippen LogP contribution in [0.5, 0.6) is 0 Å². The van der Waals surface area contributed by atoms with Gasteiger partial charge in [-0.15, -0.1) is 0 Å². The number of rotatable bonds is 6. The van der Waals surface area contributed by atoms with Crippen LogP contribution in [0, 0.1) is 13.8 Å². The van der Waals surface area contributed by atoms with E-state index in [9.17, 15) is 13.2 Å². The minimum absolute atomic E-state index is 0.0183. The molecule has 0 aliphatic carbocycles. The molecule has 0 radical (unpaired) electrons. The molecule has 0 aliphatic heterocycles. The van der Waals surface area contributed by atoms with Crippen molar-refractivity contribution in [1.29, 1.82) is 0 Å². The number of thioether (sulfide) groups is 1. The lowest BCUT2D eigenvalue weighted by Crippen LogP contribution is -2.14. The number of primary sulfonamides is 1. The Morgan fingerprint density at radius 2 is 1.93 bits per heavy atom. The fourth-order valence-electron chi connectivity index (χ4n) is 2.83. The molecule has 2 aromatic carbocycles. The molecule has 0 atom stereocenters. The molecular formula is C19H22N4O3S2. The first-order valence-corrected chi connectivity index (χ1v) is 11.2. The number of nitrogens with one attached hydrogen (secondary N) is 1. The minimum Gasteiger partial charge on any atom is -0.325 e. The molecule has 0 saturated heterocycles. The van der Waals surface area contributed by atoms with Crippen LogP contribution in [0.4, 0.5) is 5.69 Å². The monoisotopic (exact) mass is 418 g/mol. The van der Waals surface area contributed by atoms with Gasteiger partial charge in [0, 0.05) is 12.2 Å². The molecule has 7 nitrogen and oxygen atoms in total. The molecule has 3 rings (SSSR count). The summed E-state index contributed by atoms with van der Waals surface area (Å²) in [5.74, 6) is 0.0614. The van der Waals surface area contributed by atoms with Crippen molar-refractivity contribution in [2.75, 3.05) is 11.1 Å². The van der Waals surface area contributed by atoms with Gasteiger partial charge in [0.1, 0.15) is 0 Å². The number of hydrogen-bond donors (Lipinski definition) is 2. The first kappa shape index (κ1) is 20.4. The molecule has 1 amide bonds. The van der Waals surface area contributed by atoms with E-state index in [4.69, 9.17) is 5.14 Å². The fraction of sp³-hybridized carbons (Fsp3) is 0.263. The van der Waals surface area contributed by atoms with Gasteiger partial charge in [0.25, 0.3) is 0 Å². The second-order valence-corrected chi connectivity index (χ2v) is 8.97. The summed E-state index contributed by atoms with van der Waals surface area (Å²) in [4.78, 5) is 16.8. The third-order valence-corrected chi connectivity index (χ3v) is 6.34. The summed E-state index contributed by atoms with van der Waals surface area (Å²) in [6, 6.07) is 10.4. The number of fused-ring (bicyclic) bond motifs is 1. The number of aryl methyl sites for hydroxylation is 3. The van der Waals surface area contributed by atoms with Crippen molar-refractivity contribution < 1.29 is 13.2 Å². The Labute approximate surface area is 168 Å². The summed E-state index contributed by atoms with van der Waals surface area (Å²) >= 11 is 1.30. The van der Waals surface area contributed by atoms with E-state index >= 15 is 0 Å². The van der Waals surface area contributed by atoms with Crippen LogP contribution in [-0.2, 0) is 21.4 Å². The Hall–Kier alpha value is -2.36. The van der Waals surface area contributed by atoms with E-state index in [1.54, 1.807) is 6.07 Å². The van der Waals surface area contributed by atoms with E-state index in [-0.39, 0.29) is 16.6 Å². The van der Waals surface area contributed by atoms with Crippen LogP contribution in [0.3, 0.4) is 0 Å². The molecular weight excluding hydrogens is 396 g/mol. The maximum absolute atomic E-state index is 12.3. The van der Waals surface area contributed by atoms with E-state index < -0.39 is 10.0 Å². The molecule has 3 aromatic rings. The van der Waals surface area contributed by atoms with Gasteiger partial charge in [-0.25, -0.2) is 18.5 Å². The van der Waals surface area contributed by atoms with Crippen molar-refractivity contribution in [3.63, 3.8) is 0 Å². The number of nitrogens with zero attached hydrogens (tertiary/aromatic N) is 2. The van der Waals surface area contributed by atoms with E-state index in [2.05, 4.69) is 10.3 Å². The van der Waals surface area contributed by atoms with Crippen LogP contribution in [0.15, 0.2) is 46.5 Å². The first-order chi connectivity index (χ1) is 13.2. The fourth-order valence-corrected chi connectivity index (χ4v) is 4.24. The lowest BCUT2D eigenvalue weighted by atomic mass is 10.1. The zero-order chi connectivity index (χ0) is 20.5. The topological polar surface area (TPSA) is 107 Å². The Morgan fingerprint density at radius 1 is 1.18 bits per heavy atom. The lowest BCUT2D eigenvalue weighted by Gasteiger charge is -2.08. The van der Waals surface area contributed by atoms with Gasteiger partial charge in [-0.05, 0) is 62.2 Å². The molecule has 28 heavy (non-hydrogen) atoms. The number of carbonyl (C=O) groups excluding carboxylic acids is 1. The van der Waals surface area contributed by atoms with E-state index in [1.807, 2.05) is 43.5 Å². The molecule has 1 heterocycles. The van der Waals surface area contributed by atoms with Crippen molar-refractivity contribution in [2.45, 2.75) is 37.4 Å². The highest BCUT2D eigenvalue weighted by molar-refractivity contribution is 7.99. The van der Waals surface area contributed by atoms with E-state index in [1.165, 1.54) is 29.5 Å². The molecule has 3 N–H and O–H groups in total. The number of anilines is 1. The zero-order valence-electron chi connectivity index (χ0n) is 15.9. The number of sulfonamides is 1. The zero-order valence-corrected chi connectivity index (χ0v) is 17.5. The summed E-state index contributed by atoms with van der Waals surface area (Å²) in [7, 11) is -3.79. The van der Waals surface area contributed by atoms with E-state index in [0.29, 0.717) is 17.2 Å². The smallest absolute Gasteiger partial charge is 0.238 e. The molecule has 0 unspecified atom stereocenters. The highest BCUT2D eigenvalue weighted by atomic mass is 32.2. The Balaban J connectivity index is 1.77. The normalized spacial score (nSPS) is 11.7. The van der Waals surface area contributed by atoms with Crippen LogP contribution in [0.1, 0.15) is 18.1 Å². The summed E-state index contributed by atoms with van der Waals surface area (Å²) < 4.78 is 25.1. The van der Waals surface area contributed by atoms with Crippen LogP contribution in [0.2, 0.25) is 0 Å². The Morgan fingerprint density at radius 3 is 2.57 bits per heavy atom. The van der Waals surface area contributed by atoms with Gasteiger partial charge in [0.2, 0.25) is 15.9 Å². The van der Waals surface area contributed by atoms with Gasteiger partial charge in [-0.2, -0.15) is 0 Å². The lowest BCUT2D eigenvalue weighted by molar-refractivity contribution is -0.113. The minimum atomic E-state index is -3.79. The third kappa shape index (κ3) is 4.37. The van der Waals surface area contributed by atoms with Gasteiger partial charge < -0.3 is 9.88 Å². The summed E-state index contributed by atoms with van der Waals surface area (Å²) in [5, 5.41) is 8.74. The molecule has 0 bridgehead atoms. The number of amides is 1. The summed E-state index contributed by atoms with van der Waals surface area (Å²) in [5.41, 5.74) is 4.37. The van der Waals surface area contributed by atoms with Gasteiger partial charge >= 0.3 is 0 Å². The molecule has 0 aliphatic rings. The second-order valence-electron chi connectivity index (χ2n) is 6.47. The maximum atomic E-state index is 12.3. The molecule has 148 valence electrons. The number of carbonyl (C=O) groups is 1. The van der Waals surface area contributed by atoms with Crippen LogP contribution in [-0.4, -0.2) is 29.6 Å². The van der Waals surface area contributed by atoms with Crippen LogP contribution in [0.25, 0.3) is 11.0 Å². The second kappa shape index (κ2) is 7.94. The summed E-state index contributed by atoms with van der Waals surface area (Å²) in [6.07, 6.45) is 0. The third-order valence-electron chi connectivity index (χ3n) is 4.45. The number of aromatic nitrogens is 2. The molecule has 0 spiro atoms. The van der Waals surface area contributed by atoms with Gasteiger partial charge in [-0.1, -0.05) is 17.8 Å². The number of imidazole rings is 1. The Bertz CT molecular complexity index is 1150. The molecule has 1 aromatic heterocycles. The Kier molecular flexibility index (Phi) is 5.78. The van der Waals surface area contributed by atoms with Gasteiger partial charge in [-0.3, -0.25) is 4.79 Å².